The van der Waals surface area contributed by atoms with Crippen LogP contribution in [-0.2, 0) is 4.79 Å². The second kappa shape index (κ2) is 8.23. The number of carbonyl (C=O) groups excluding carboxylic acids is 1. The summed E-state index contributed by atoms with van der Waals surface area (Å²) < 4.78 is 14.5. The number of aromatic amines is 1. The first-order valence-corrected chi connectivity index (χ1v) is 10.3. The second-order valence-corrected chi connectivity index (χ2v) is 8.28. The maximum Gasteiger partial charge on any atom is 0.222 e. The number of aromatic nitrogens is 2. The Kier molecular flexibility index (Phi) is 5.66. The highest BCUT2D eigenvalue weighted by Crippen LogP contribution is 2.32. The minimum atomic E-state index is -1.11. The van der Waals surface area contributed by atoms with Gasteiger partial charge in [0, 0.05) is 42.6 Å². The van der Waals surface area contributed by atoms with E-state index >= 15 is 0 Å². The van der Waals surface area contributed by atoms with E-state index in [1.54, 1.807) is 25.5 Å². The van der Waals surface area contributed by atoms with Crippen molar-refractivity contribution in [1.82, 2.24) is 25.9 Å². The molecule has 2 aromatic rings. The van der Waals surface area contributed by atoms with Gasteiger partial charge in [-0.05, 0) is 31.7 Å². The highest BCUT2D eigenvalue weighted by atomic mass is 35.5. The summed E-state index contributed by atoms with van der Waals surface area (Å²) in [6.07, 6.45) is 6.48. The second-order valence-electron chi connectivity index (χ2n) is 7.84. The molecule has 1 saturated carbocycles. The van der Waals surface area contributed by atoms with E-state index in [-0.39, 0.29) is 24.2 Å². The van der Waals surface area contributed by atoms with Crippen LogP contribution in [0.3, 0.4) is 0 Å². The van der Waals surface area contributed by atoms with Crippen LogP contribution in [0.1, 0.15) is 43.8 Å². The van der Waals surface area contributed by atoms with Crippen LogP contribution in [0.2, 0.25) is 5.02 Å². The quantitative estimate of drug-likeness (QED) is 0.507. The van der Waals surface area contributed by atoms with Gasteiger partial charge in [-0.3, -0.25) is 4.79 Å². The van der Waals surface area contributed by atoms with Crippen molar-refractivity contribution in [3.8, 4) is 0 Å². The van der Waals surface area contributed by atoms with Crippen molar-refractivity contribution in [3.05, 3.63) is 41.1 Å². The molecule has 0 spiro atoms. The summed E-state index contributed by atoms with van der Waals surface area (Å²) in [5, 5.41) is 20.7. The number of nitrogens with one attached hydrogen (secondary N) is 4. The number of pyridine rings is 1. The molecule has 0 radical (unpaired) electrons. The molecule has 0 bridgehead atoms. The van der Waals surface area contributed by atoms with Crippen molar-refractivity contribution in [2.75, 3.05) is 7.05 Å². The highest BCUT2D eigenvalue weighted by molar-refractivity contribution is 6.31. The van der Waals surface area contributed by atoms with Gasteiger partial charge in [0.1, 0.15) is 11.8 Å². The van der Waals surface area contributed by atoms with Crippen LogP contribution in [0.15, 0.2) is 35.5 Å². The Balaban J connectivity index is 1.52. The van der Waals surface area contributed by atoms with E-state index < -0.39 is 17.6 Å². The summed E-state index contributed by atoms with van der Waals surface area (Å²) in [7, 11) is 1.54. The Morgan fingerprint density at radius 2 is 2.33 bits per heavy atom. The maximum atomic E-state index is 14.5. The molecule has 30 heavy (non-hydrogen) atoms. The van der Waals surface area contributed by atoms with Crippen LogP contribution in [0, 0.1) is 0 Å². The Morgan fingerprint density at radius 1 is 1.50 bits per heavy atom. The van der Waals surface area contributed by atoms with Gasteiger partial charge < -0.3 is 26.0 Å². The molecule has 4 rings (SSSR count). The number of nitrogens with zero attached hydrogens (tertiary/aromatic N) is 2. The number of hydrogen-bond donors (Lipinski definition) is 5. The molecule has 10 heteroatoms. The van der Waals surface area contributed by atoms with E-state index in [9.17, 15) is 14.3 Å². The van der Waals surface area contributed by atoms with Gasteiger partial charge in [-0.1, -0.05) is 11.6 Å². The average molecular weight is 435 g/mol. The lowest BCUT2D eigenvalue weighted by Gasteiger charge is -2.37. The van der Waals surface area contributed by atoms with Crippen LogP contribution >= 0.6 is 11.6 Å². The van der Waals surface area contributed by atoms with Gasteiger partial charge in [-0.25, -0.2) is 14.4 Å². The van der Waals surface area contributed by atoms with E-state index in [1.807, 2.05) is 0 Å². The zero-order valence-electron chi connectivity index (χ0n) is 16.5. The summed E-state index contributed by atoms with van der Waals surface area (Å²) in [6.45, 7) is 0. The highest BCUT2D eigenvalue weighted by Gasteiger charge is 2.37. The van der Waals surface area contributed by atoms with Crippen LogP contribution in [0.4, 0.5) is 4.39 Å². The first-order valence-electron chi connectivity index (χ1n) is 9.89. The van der Waals surface area contributed by atoms with Crippen molar-refractivity contribution < 1.29 is 14.3 Å². The Bertz CT molecular complexity index is 1020. The van der Waals surface area contributed by atoms with Crippen molar-refractivity contribution in [3.63, 3.8) is 0 Å². The van der Waals surface area contributed by atoms with Crippen LogP contribution in [0.5, 0.6) is 0 Å². The van der Waals surface area contributed by atoms with Gasteiger partial charge in [0.2, 0.25) is 5.91 Å². The third-order valence-corrected chi connectivity index (χ3v) is 5.81. The van der Waals surface area contributed by atoms with E-state index in [0.29, 0.717) is 23.5 Å². The van der Waals surface area contributed by atoms with E-state index in [2.05, 4.69) is 30.9 Å². The molecule has 0 aromatic carbocycles. The molecule has 3 heterocycles. The maximum absolute atomic E-state index is 14.5. The Labute approximate surface area is 178 Å². The lowest BCUT2D eigenvalue weighted by Crippen LogP contribution is -2.48. The van der Waals surface area contributed by atoms with Gasteiger partial charge in [-0.15, -0.1) is 0 Å². The van der Waals surface area contributed by atoms with Gasteiger partial charge in [0.05, 0.1) is 17.0 Å². The van der Waals surface area contributed by atoms with Crippen molar-refractivity contribution in [1.29, 1.82) is 0 Å². The third kappa shape index (κ3) is 4.27. The topological polar surface area (TPSA) is 114 Å². The summed E-state index contributed by atoms with van der Waals surface area (Å²) in [4.78, 5) is 23.5. The molecule has 5 N–H and O–H groups in total. The van der Waals surface area contributed by atoms with Gasteiger partial charge in [0.25, 0.3) is 0 Å². The number of halogens is 2. The zero-order chi connectivity index (χ0) is 21.3. The number of amides is 1. The zero-order valence-corrected chi connectivity index (χ0v) is 17.3. The fourth-order valence-corrected chi connectivity index (χ4v) is 4.30. The van der Waals surface area contributed by atoms with Gasteiger partial charge in [0.15, 0.2) is 11.7 Å². The number of H-pyrrole nitrogens is 1. The molecule has 1 aliphatic carbocycles. The number of carbonyl (C=O) groups is 1. The van der Waals surface area contributed by atoms with E-state index in [4.69, 9.17) is 11.6 Å². The number of rotatable bonds is 4. The predicted molar refractivity (Wildman–Crippen MR) is 113 cm³/mol. The molecule has 160 valence electrons. The number of aliphatic hydroxyl groups is 1. The smallest absolute Gasteiger partial charge is 0.222 e. The molecule has 1 fully saturated rings. The molecule has 3 atom stereocenters. The average Bonchev–Trinajstić information content (AvgIpc) is 3.12. The normalized spacial score (nSPS) is 26.5. The van der Waals surface area contributed by atoms with E-state index in [1.165, 1.54) is 6.20 Å². The predicted octanol–water partition coefficient (Wildman–Crippen LogP) is 2.43. The largest absolute Gasteiger partial charge is 0.389 e. The fraction of sp³-hybridized carbons (Fsp3) is 0.450. The lowest BCUT2D eigenvalue weighted by molar-refractivity contribution is -0.127. The minimum absolute atomic E-state index is 0.0275. The summed E-state index contributed by atoms with van der Waals surface area (Å²) in [6, 6.07) is 1.60. The molecule has 1 aliphatic heterocycles. The number of hydrogen-bond acceptors (Lipinski definition) is 6. The summed E-state index contributed by atoms with van der Waals surface area (Å²) in [5.41, 5.74) is 0.354. The molecule has 2 aromatic heterocycles. The first kappa shape index (κ1) is 20.6. The molecule has 1 amide bonds. The van der Waals surface area contributed by atoms with E-state index in [0.717, 1.165) is 23.8 Å². The standard InChI is InChI=1S/C20H24ClFN6O2/c1-23-16(29)7-20(30)4-2-3-12(6-20)27-19-15(22)10-26-18(28-19)14-9-25-17-13(14)5-11(21)8-24-17/h5,8-10,12,18,26,30H,2-4,6-7H2,1H3,(H,23,29)(H,24,25)(H,27,28)/t12-,18?,20-/m0/s1. The minimum Gasteiger partial charge on any atom is -0.389 e. The lowest BCUT2D eigenvalue weighted by atomic mass is 9.79. The van der Waals surface area contributed by atoms with Gasteiger partial charge >= 0.3 is 0 Å². The van der Waals surface area contributed by atoms with Crippen molar-refractivity contribution >= 4 is 34.4 Å². The van der Waals surface area contributed by atoms with Crippen molar-refractivity contribution in [2.45, 2.75) is 49.9 Å². The number of aliphatic imine (C=N–C) groups is 1. The van der Waals surface area contributed by atoms with Gasteiger partial charge in [-0.2, -0.15) is 0 Å². The van der Waals surface area contributed by atoms with Crippen LogP contribution < -0.4 is 16.0 Å². The summed E-state index contributed by atoms with van der Waals surface area (Å²) >= 11 is 6.07. The fourth-order valence-electron chi connectivity index (χ4n) is 4.14. The molecular formula is C20H24ClFN6O2. The van der Waals surface area contributed by atoms with Crippen LogP contribution in [0.25, 0.3) is 11.0 Å². The molecular weight excluding hydrogens is 411 g/mol. The summed E-state index contributed by atoms with van der Waals surface area (Å²) in [5.74, 6) is -0.602. The Hall–Kier alpha value is -2.65. The molecule has 0 saturated heterocycles. The Morgan fingerprint density at radius 3 is 3.13 bits per heavy atom. The first-order chi connectivity index (χ1) is 14.4. The number of fused-ring (bicyclic) bond motifs is 1. The molecule has 1 unspecified atom stereocenters. The van der Waals surface area contributed by atoms with Crippen LogP contribution in [-0.4, -0.2) is 45.5 Å². The number of amidine groups is 1. The molecule has 8 nitrogen and oxygen atoms in total. The van der Waals surface area contributed by atoms with Crippen molar-refractivity contribution in [2.24, 2.45) is 4.99 Å². The molecule has 2 aliphatic rings. The SMILES string of the molecule is CNC(=O)C[C@]1(O)CCC[C@H](NC2=NC(c3c[nH]c4ncc(Cl)cc34)NC=C2F)C1. The monoisotopic (exact) mass is 434 g/mol. The third-order valence-electron chi connectivity index (χ3n) is 5.61.